The topological polar surface area (TPSA) is 29.1 Å². The van der Waals surface area contributed by atoms with E-state index < -0.39 is 0 Å². The van der Waals surface area contributed by atoms with Gasteiger partial charge in [-0.25, -0.2) is 0 Å². The Labute approximate surface area is 171 Å². The van der Waals surface area contributed by atoms with Crippen molar-refractivity contribution < 1.29 is 4.79 Å². The fourth-order valence-electron chi connectivity index (χ4n) is 5.24. The molecule has 3 aliphatic rings. The first kappa shape index (κ1) is 17.8. The second kappa shape index (κ2) is 7.25. The Morgan fingerprint density at radius 3 is 2.68 bits per heavy atom. The van der Waals surface area contributed by atoms with E-state index in [4.69, 9.17) is 11.6 Å². The van der Waals surface area contributed by atoms with Crippen LogP contribution in [0.1, 0.15) is 53.1 Å². The Morgan fingerprint density at radius 2 is 1.89 bits per heavy atom. The number of benzene rings is 2. The first-order valence-electron chi connectivity index (χ1n) is 10.2. The van der Waals surface area contributed by atoms with Gasteiger partial charge in [0.25, 0.3) is 0 Å². The molecule has 2 aliphatic carbocycles. The van der Waals surface area contributed by atoms with Crippen LogP contribution in [0.4, 0.5) is 5.69 Å². The lowest BCUT2D eigenvalue weighted by Crippen LogP contribution is -2.42. The van der Waals surface area contributed by atoms with Crippen LogP contribution in [0.5, 0.6) is 0 Å². The van der Waals surface area contributed by atoms with E-state index in [1.807, 2.05) is 36.4 Å². The van der Waals surface area contributed by atoms with Gasteiger partial charge >= 0.3 is 0 Å². The average Bonchev–Trinajstić information content (AvgIpc) is 3.24. The number of hydrogen-bond acceptors (Lipinski definition) is 2. The molecule has 5 rings (SSSR count). The number of nitrogens with one attached hydrogen (secondary N) is 1. The molecule has 2 aromatic rings. The molecule has 2 nitrogen and oxygen atoms in total. The normalized spacial score (nSPS) is 27.8. The van der Waals surface area contributed by atoms with Gasteiger partial charge in [-0.15, -0.1) is 0 Å². The molecule has 28 heavy (non-hydrogen) atoms. The minimum atomic E-state index is 0.0366. The third kappa shape index (κ3) is 3.00. The fraction of sp³-hybridized carbons (Fsp3) is 0.320. The number of hydrogen-bond donors (Lipinski definition) is 1. The smallest absolute Gasteiger partial charge is 0.195 e. The first-order valence-corrected chi connectivity index (χ1v) is 10.6. The van der Waals surface area contributed by atoms with E-state index in [-0.39, 0.29) is 5.78 Å². The number of allylic oxidation sites excluding steroid dienone is 4. The molecule has 0 fully saturated rings. The van der Waals surface area contributed by atoms with Gasteiger partial charge < -0.3 is 5.32 Å². The van der Waals surface area contributed by atoms with Crippen molar-refractivity contribution in [1.29, 1.82) is 0 Å². The molecule has 0 saturated heterocycles. The maximum atomic E-state index is 13.3. The highest BCUT2D eigenvalue weighted by atomic mass is 35.5. The van der Waals surface area contributed by atoms with E-state index in [2.05, 4.69) is 35.7 Å². The minimum absolute atomic E-state index is 0.0366. The molecule has 0 saturated carbocycles. The largest absolute Gasteiger partial charge is 0.381 e. The number of ketones is 1. The molecule has 0 aromatic heterocycles. The second-order valence-electron chi connectivity index (χ2n) is 8.18. The van der Waals surface area contributed by atoms with Gasteiger partial charge in [-0.1, -0.05) is 66.2 Å². The summed E-state index contributed by atoms with van der Waals surface area (Å²) in [7, 11) is 0. The van der Waals surface area contributed by atoms with E-state index in [0.717, 1.165) is 24.9 Å². The van der Waals surface area contributed by atoms with Crippen LogP contribution in [0.2, 0.25) is 5.02 Å². The van der Waals surface area contributed by atoms with E-state index in [1.165, 1.54) is 12.0 Å². The summed E-state index contributed by atoms with van der Waals surface area (Å²) in [6.07, 6.45) is 13.8. The molecule has 0 radical (unpaired) electrons. The van der Waals surface area contributed by atoms with Gasteiger partial charge in [0, 0.05) is 33.8 Å². The standard InChI is InChI=1S/C25H24ClNO/c26-18-14-21-19-12-7-13-20(19)23(16-8-3-1-4-9-16)27-24(21)22(15-18)25(28)17-10-5-2-6-11-17/h1-3,5-7,10-12,14-16,19-20,23,27H,4,8-9,13H2/t16-,19+,20-,23-/m1/s1. The Balaban J connectivity index is 1.60. The van der Waals surface area contributed by atoms with Gasteiger partial charge in [0.05, 0.1) is 0 Å². The molecule has 0 spiro atoms. The third-order valence-corrected chi connectivity index (χ3v) is 6.79. The van der Waals surface area contributed by atoms with Gasteiger partial charge in [0.2, 0.25) is 0 Å². The summed E-state index contributed by atoms with van der Waals surface area (Å²) in [5.74, 6) is 1.53. The van der Waals surface area contributed by atoms with Crippen molar-refractivity contribution >= 4 is 23.1 Å². The van der Waals surface area contributed by atoms with Gasteiger partial charge in [-0.05, 0) is 55.2 Å². The monoisotopic (exact) mass is 389 g/mol. The molecule has 2 aromatic carbocycles. The highest BCUT2D eigenvalue weighted by Crippen LogP contribution is 2.49. The van der Waals surface area contributed by atoms with Crippen molar-refractivity contribution in [1.82, 2.24) is 0 Å². The highest BCUT2D eigenvalue weighted by Gasteiger charge is 2.42. The summed E-state index contributed by atoms with van der Waals surface area (Å²) in [6.45, 7) is 0. The molecule has 0 amide bonds. The molecule has 0 bridgehead atoms. The quantitative estimate of drug-likeness (QED) is 0.487. The Morgan fingerprint density at radius 1 is 1.04 bits per heavy atom. The highest BCUT2D eigenvalue weighted by molar-refractivity contribution is 6.31. The predicted octanol–water partition coefficient (Wildman–Crippen LogP) is 6.38. The van der Waals surface area contributed by atoms with E-state index >= 15 is 0 Å². The summed E-state index contributed by atoms with van der Waals surface area (Å²) in [5, 5.41) is 4.47. The van der Waals surface area contributed by atoms with Crippen LogP contribution >= 0.6 is 11.6 Å². The molecular formula is C25H24ClNO. The zero-order chi connectivity index (χ0) is 19.1. The predicted molar refractivity (Wildman–Crippen MR) is 115 cm³/mol. The van der Waals surface area contributed by atoms with Crippen LogP contribution in [0.15, 0.2) is 66.8 Å². The van der Waals surface area contributed by atoms with Gasteiger partial charge in [-0.3, -0.25) is 4.79 Å². The van der Waals surface area contributed by atoms with Crippen LogP contribution in [-0.4, -0.2) is 11.8 Å². The average molecular weight is 390 g/mol. The SMILES string of the molecule is O=C(c1ccccc1)c1cc(Cl)cc2c1N[C@H]([C@@H]1CC=CCC1)[C@@H]1CC=C[C@H]21. The molecule has 4 atom stereocenters. The van der Waals surface area contributed by atoms with Crippen LogP contribution in [0.25, 0.3) is 0 Å². The Hall–Kier alpha value is -2.32. The second-order valence-corrected chi connectivity index (χ2v) is 8.62. The molecule has 3 heteroatoms. The fourth-order valence-corrected chi connectivity index (χ4v) is 5.46. The first-order chi connectivity index (χ1) is 13.7. The number of fused-ring (bicyclic) bond motifs is 3. The maximum absolute atomic E-state index is 13.3. The van der Waals surface area contributed by atoms with Gasteiger partial charge in [-0.2, -0.15) is 0 Å². The van der Waals surface area contributed by atoms with Crippen molar-refractivity contribution in [3.8, 4) is 0 Å². The lowest BCUT2D eigenvalue weighted by Gasteiger charge is -2.42. The molecule has 142 valence electrons. The molecule has 1 N–H and O–H groups in total. The van der Waals surface area contributed by atoms with E-state index in [1.54, 1.807) is 0 Å². The van der Waals surface area contributed by atoms with Crippen LogP contribution < -0.4 is 5.32 Å². The maximum Gasteiger partial charge on any atom is 0.195 e. The van der Waals surface area contributed by atoms with Crippen molar-refractivity contribution in [3.63, 3.8) is 0 Å². The lowest BCUT2D eigenvalue weighted by atomic mass is 9.71. The third-order valence-electron chi connectivity index (χ3n) is 6.58. The molecule has 0 unspecified atom stereocenters. The van der Waals surface area contributed by atoms with Gasteiger partial charge in [0.15, 0.2) is 5.78 Å². The van der Waals surface area contributed by atoms with E-state index in [9.17, 15) is 4.79 Å². The van der Waals surface area contributed by atoms with Crippen LogP contribution in [0.3, 0.4) is 0 Å². The number of halogens is 1. The van der Waals surface area contributed by atoms with Crippen molar-refractivity contribution in [2.45, 2.75) is 37.6 Å². The minimum Gasteiger partial charge on any atom is -0.381 e. The van der Waals surface area contributed by atoms with Crippen LogP contribution in [-0.2, 0) is 0 Å². The van der Waals surface area contributed by atoms with Crippen molar-refractivity contribution in [2.24, 2.45) is 11.8 Å². The number of carbonyl (C=O) groups excluding carboxylic acids is 1. The Kier molecular flexibility index (Phi) is 4.60. The molecule has 1 heterocycles. The summed E-state index contributed by atoms with van der Waals surface area (Å²) < 4.78 is 0. The zero-order valence-electron chi connectivity index (χ0n) is 15.8. The molecule has 1 aliphatic heterocycles. The lowest BCUT2D eigenvalue weighted by molar-refractivity contribution is 0.103. The number of anilines is 1. The van der Waals surface area contributed by atoms with Crippen molar-refractivity contribution in [3.05, 3.63) is 88.5 Å². The van der Waals surface area contributed by atoms with Crippen molar-refractivity contribution in [2.75, 3.05) is 5.32 Å². The Bertz CT molecular complexity index is 962. The number of carbonyl (C=O) groups is 1. The van der Waals surface area contributed by atoms with Gasteiger partial charge in [0.1, 0.15) is 0 Å². The summed E-state index contributed by atoms with van der Waals surface area (Å²) in [5.41, 5.74) is 3.57. The summed E-state index contributed by atoms with van der Waals surface area (Å²) in [4.78, 5) is 13.3. The summed E-state index contributed by atoms with van der Waals surface area (Å²) >= 11 is 6.48. The summed E-state index contributed by atoms with van der Waals surface area (Å²) in [6, 6.07) is 13.8. The zero-order valence-corrected chi connectivity index (χ0v) is 16.5. The molecular weight excluding hydrogens is 366 g/mol. The van der Waals surface area contributed by atoms with E-state index in [0.29, 0.717) is 39.9 Å². The van der Waals surface area contributed by atoms with Crippen LogP contribution in [0, 0.1) is 11.8 Å². The number of rotatable bonds is 3.